The van der Waals surface area contributed by atoms with Crippen LogP contribution in [0.3, 0.4) is 0 Å². The van der Waals surface area contributed by atoms with Crippen molar-refractivity contribution in [3.8, 4) is 5.75 Å². The van der Waals surface area contributed by atoms with Crippen LogP contribution in [0.15, 0.2) is 48.5 Å². The van der Waals surface area contributed by atoms with E-state index in [4.69, 9.17) is 16.3 Å². The number of para-hydroxylation sites is 2. The third-order valence-electron chi connectivity index (χ3n) is 4.02. The normalized spacial score (nSPS) is 18.1. The molecule has 0 saturated carbocycles. The number of hydrogen-bond acceptors (Lipinski definition) is 3. The van der Waals surface area contributed by atoms with Gasteiger partial charge in [0, 0.05) is 18.3 Å². The number of fused-ring (bicyclic) bond motifs is 1. The van der Waals surface area contributed by atoms with Crippen LogP contribution in [0.25, 0.3) is 0 Å². The van der Waals surface area contributed by atoms with Crippen molar-refractivity contribution in [2.24, 2.45) is 0 Å². The van der Waals surface area contributed by atoms with Gasteiger partial charge in [-0.2, -0.15) is 0 Å². The molecule has 1 heterocycles. The molecular weight excluding hydrogens is 298 g/mol. The van der Waals surface area contributed by atoms with E-state index in [-0.39, 0.29) is 6.61 Å². The zero-order valence-corrected chi connectivity index (χ0v) is 13.3. The second kappa shape index (κ2) is 6.59. The number of aliphatic hydroxyl groups excluding tert-OH is 1. The fourth-order valence-corrected chi connectivity index (χ4v) is 3.13. The maximum Gasteiger partial charge on any atom is 0.138 e. The smallest absolute Gasteiger partial charge is 0.138 e. The number of nitrogens with zero attached hydrogens (tertiary/aromatic N) is 1. The highest BCUT2D eigenvalue weighted by atomic mass is 35.5. The molecule has 22 heavy (non-hydrogen) atoms. The van der Waals surface area contributed by atoms with Crippen LogP contribution in [0.5, 0.6) is 5.75 Å². The van der Waals surface area contributed by atoms with E-state index < -0.39 is 6.10 Å². The number of anilines is 1. The highest BCUT2D eigenvalue weighted by Crippen LogP contribution is 2.31. The Morgan fingerprint density at radius 1 is 1.23 bits per heavy atom. The summed E-state index contributed by atoms with van der Waals surface area (Å²) in [6.07, 6.45) is 0.457. The van der Waals surface area contributed by atoms with Gasteiger partial charge in [0.2, 0.25) is 0 Å². The summed E-state index contributed by atoms with van der Waals surface area (Å²) < 4.78 is 5.62. The van der Waals surface area contributed by atoms with Crippen LogP contribution in [-0.2, 0) is 6.42 Å². The van der Waals surface area contributed by atoms with Crippen molar-refractivity contribution >= 4 is 17.3 Å². The van der Waals surface area contributed by atoms with E-state index in [1.807, 2.05) is 24.3 Å². The van der Waals surface area contributed by atoms with E-state index in [9.17, 15) is 5.11 Å². The Labute approximate surface area is 136 Å². The largest absolute Gasteiger partial charge is 0.489 e. The monoisotopic (exact) mass is 317 g/mol. The summed E-state index contributed by atoms with van der Waals surface area (Å²) in [5.74, 6) is 0.609. The van der Waals surface area contributed by atoms with E-state index in [2.05, 4.69) is 30.0 Å². The molecule has 3 nitrogen and oxygen atoms in total. The number of aliphatic hydroxyl groups is 1. The van der Waals surface area contributed by atoms with Crippen molar-refractivity contribution in [3.05, 3.63) is 59.1 Å². The minimum absolute atomic E-state index is 0.231. The quantitative estimate of drug-likeness (QED) is 0.915. The van der Waals surface area contributed by atoms with Gasteiger partial charge in [-0.15, -0.1) is 0 Å². The van der Waals surface area contributed by atoms with Gasteiger partial charge < -0.3 is 14.7 Å². The number of β-amino-alcohol motifs (C(OH)–C–C–N with tert-alkyl or cyclic N) is 1. The molecule has 1 aliphatic rings. The van der Waals surface area contributed by atoms with Crippen LogP contribution in [0.1, 0.15) is 12.5 Å². The van der Waals surface area contributed by atoms with Gasteiger partial charge in [0.25, 0.3) is 0 Å². The Morgan fingerprint density at radius 2 is 1.95 bits per heavy atom. The Kier molecular flexibility index (Phi) is 4.55. The molecule has 1 aliphatic heterocycles. The summed E-state index contributed by atoms with van der Waals surface area (Å²) in [6.45, 7) is 2.97. The van der Waals surface area contributed by atoms with Crippen molar-refractivity contribution in [2.75, 3.05) is 18.1 Å². The molecule has 0 aliphatic carbocycles. The van der Waals surface area contributed by atoms with Crippen molar-refractivity contribution in [1.82, 2.24) is 0 Å². The van der Waals surface area contributed by atoms with E-state index in [1.54, 1.807) is 6.07 Å². The molecule has 116 valence electrons. The third kappa shape index (κ3) is 3.21. The number of halogens is 1. The molecule has 0 saturated heterocycles. The maximum absolute atomic E-state index is 10.3. The summed E-state index contributed by atoms with van der Waals surface area (Å²) in [5, 5.41) is 10.9. The lowest BCUT2D eigenvalue weighted by Crippen LogP contribution is -2.39. The van der Waals surface area contributed by atoms with Gasteiger partial charge in [-0.3, -0.25) is 0 Å². The maximum atomic E-state index is 10.3. The highest BCUT2D eigenvalue weighted by Gasteiger charge is 2.27. The molecule has 2 aromatic rings. The van der Waals surface area contributed by atoms with E-state index >= 15 is 0 Å². The molecule has 0 aromatic heterocycles. The summed E-state index contributed by atoms with van der Waals surface area (Å²) in [5.41, 5.74) is 2.56. The van der Waals surface area contributed by atoms with Gasteiger partial charge in [0.15, 0.2) is 0 Å². The minimum atomic E-state index is -0.565. The van der Waals surface area contributed by atoms with Crippen molar-refractivity contribution in [2.45, 2.75) is 25.5 Å². The summed E-state index contributed by atoms with van der Waals surface area (Å²) in [6, 6.07) is 16.1. The number of hydrogen-bond donors (Lipinski definition) is 1. The second-order valence-corrected chi connectivity index (χ2v) is 6.14. The summed E-state index contributed by atoms with van der Waals surface area (Å²) in [4.78, 5) is 2.25. The number of ether oxygens (including phenoxy) is 1. The Balaban J connectivity index is 1.60. The molecule has 4 heteroatoms. The minimum Gasteiger partial charge on any atom is -0.489 e. The van der Waals surface area contributed by atoms with Gasteiger partial charge in [-0.25, -0.2) is 0 Å². The first kappa shape index (κ1) is 15.2. The van der Waals surface area contributed by atoms with Gasteiger partial charge >= 0.3 is 0 Å². The lowest BCUT2D eigenvalue weighted by molar-refractivity contribution is 0.111. The van der Waals surface area contributed by atoms with Gasteiger partial charge in [0.1, 0.15) is 18.5 Å². The molecule has 0 fully saturated rings. The standard InChI is InChI=1S/C18H20ClNO2/c1-13-10-14-6-2-4-8-17(14)20(13)11-15(21)12-22-18-9-5-3-7-16(18)19/h2-9,13,15,21H,10-12H2,1H3. The second-order valence-electron chi connectivity index (χ2n) is 5.73. The van der Waals surface area contributed by atoms with E-state index in [0.29, 0.717) is 23.4 Å². The first-order valence-corrected chi connectivity index (χ1v) is 7.93. The lowest BCUT2D eigenvalue weighted by Gasteiger charge is -2.27. The van der Waals surface area contributed by atoms with Gasteiger partial charge in [0.05, 0.1) is 5.02 Å². The molecule has 0 amide bonds. The highest BCUT2D eigenvalue weighted by molar-refractivity contribution is 6.32. The van der Waals surface area contributed by atoms with Crippen LogP contribution in [0.2, 0.25) is 5.02 Å². The predicted molar refractivity (Wildman–Crippen MR) is 89.9 cm³/mol. The predicted octanol–water partition coefficient (Wildman–Crippen LogP) is 3.53. The number of rotatable bonds is 5. The van der Waals surface area contributed by atoms with Gasteiger partial charge in [-0.05, 0) is 37.1 Å². The van der Waals surface area contributed by atoms with Crippen molar-refractivity contribution in [1.29, 1.82) is 0 Å². The molecule has 0 radical (unpaired) electrons. The molecule has 2 atom stereocenters. The zero-order valence-electron chi connectivity index (χ0n) is 12.6. The van der Waals surface area contributed by atoms with E-state index in [0.717, 1.165) is 6.42 Å². The summed E-state index contributed by atoms with van der Waals surface area (Å²) in [7, 11) is 0. The van der Waals surface area contributed by atoms with Crippen LogP contribution in [0, 0.1) is 0 Å². The van der Waals surface area contributed by atoms with Crippen LogP contribution in [0.4, 0.5) is 5.69 Å². The van der Waals surface area contributed by atoms with Crippen LogP contribution in [-0.4, -0.2) is 30.4 Å². The first-order valence-electron chi connectivity index (χ1n) is 7.55. The average molecular weight is 318 g/mol. The number of benzene rings is 2. The molecule has 0 bridgehead atoms. The molecule has 3 rings (SSSR count). The fraction of sp³-hybridized carbons (Fsp3) is 0.333. The average Bonchev–Trinajstić information content (AvgIpc) is 2.83. The Hall–Kier alpha value is -1.71. The molecule has 2 unspecified atom stereocenters. The molecule has 0 spiro atoms. The topological polar surface area (TPSA) is 32.7 Å². The SMILES string of the molecule is CC1Cc2ccccc2N1CC(O)COc1ccccc1Cl. The van der Waals surface area contributed by atoms with Crippen molar-refractivity contribution in [3.63, 3.8) is 0 Å². The lowest BCUT2D eigenvalue weighted by atomic mass is 10.1. The van der Waals surface area contributed by atoms with Crippen LogP contribution < -0.4 is 9.64 Å². The van der Waals surface area contributed by atoms with Gasteiger partial charge in [-0.1, -0.05) is 41.9 Å². The van der Waals surface area contributed by atoms with Crippen LogP contribution >= 0.6 is 11.6 Å². The Bertz CT molecular complexity index is 646. The molecule has 1 N–H and O–H groups in total. The molecular formula is C18H20ClNO2. The van der Waals surface area contributed by atoms with E-state index in [1.165, 1.54) is 11.3 Å². The Morgan fingerprint density at radius 3 is 2.77 bits per heavy atom. The zero-order chi connectivity index (χ0) is 15.5. The third-order valence-corrected chi connectivity index (χ3v) is 4.34. The fourth-order valence-electron chi connectivity index (χ4n) is 2.94. The first-order chi connectivity index (χ1) is 10.6. The summed E-state index contributed by atoms with van der Waals surface area (Å²) >= 11 is 6.05. The molecule has 2 aromatic carbocycles. The van der Waals surface area contributed by atoms with Crippen molar-refractivity contribution < 1.29 is 9.84 Å².